The van der Waals surface area contributed by atoms with Crippen molar-refractivity contribution in [3.05, 3.63) is 0 Å². The first kappa shape index (κ1) is 18.3. The van der Waals surface area contributed by atoms with Gasteiger partial charge in [-0.25, -0.2) is 0 Å². The second-order valence-corrected chi connectivity index (χ2v) is 10.8. The van der Waals surface area contributed by atoms with Crippen LogP contribution in [0.1, 0.15) is 72.6 Å². The van der Waals surface area contributed by atoms with Gasteiger partial charge in [-0.3, -0.25) is 0 Å². The maximum Gasteiger partial charge on any atom is 0.0602 e. The number of fused-ring (bicyclic) bond motifs is 5. The van der Waals surface area contributed by atoms with Gasteiger partial charge in [-0.15, -0.1) is 0 Å². The highest BCUT2D eigenvalue weighted by atomic mass is 16.3. The van der Waals surface area contributed by atoms with E-state index >= 15 is 0 Å². The highest BCUT2D eigenvalue weighted by Gasteiger charge is 2.65. The van der Waals surface area contributed by atoms with Crippen molar-refractivity contribution in [2.75, 3.05) is 0 Å². The summed E-state index contributed by atoms with van der Waals surface area (Å²) in [4.78, 5) is 0. The Kier molecular flexibility index (Phi) is 4.34. The van der Waals surface area contributed by atoms with E-state index in [9.17, 15) is 15.3 Å². The molecular weight excluding hydrogens is 312 g/mol. The molecule has 0 amide bonds. The predicted octanol–water partition coefficient (Wildman–Crippen LogP) is 3.60. The molecule has 0 spiro atoms. The summed E-state index contributed by atoms with van der Waals surface area (Å²) < 4.78 is 0. The Morgan fingerprint density at radius 3 is 2.28 bits per heavy atom. The molecule has 144 valence electrons. The maximum atomic E-state index is 11.3. The zero-order chi connectivity index (χ0) is 18.1. The fourth-order valence-electron chi connectivity index (χ4n) is 8.29. The van der Waals surface area contributed by atoms with Crippen LogP contribution in [0.25, 0.3) is 0 Å². The first-order chi connectivity index (χ1) is 11.7. The summed E-state index contributed by atoms with van der Waals surface area (Å²) in [7, 11) is 0. The highest BCUT2D eigenvalue weighted by Crippen LogP contribution is 2.68. The lowest BCUT2D eigenvalue weighted by Crippen LogP contribution is -2.62. The molecular formula is C22H38O3. The van der Waals surface area contributed by atoms with Gasteiger partial charge in [0, 0.05) is 0 Å². The minimum absolute atomic E-state index is 0.0340. The van der Waals surface area contributed by atoms with Gasteiger partial charge in [0.25, 0.3) is 0 Å². The fourth-order valence-corrected chi connectivity index (χ4v) is 8.29. The lowest BCUT2D eigenvalue weighted by Gasteiger charge is -2.63. The van der Waals surface area contributed by atoms with Crippen molar-refractivity contribution < 1.29 is 15.3 Å². The summed E-state index contributed by atoms with van der Waals surface area (Å²) in [6, 6.07) is 0. The minimum atomic E-state index is -0.254. The molecule has 0 aromatic heterocycles. The van der Waals surface area contributed by atoms with Gasteiger partial charge in [-0.05, 0) is 91.3 Å². The van der Waals surface area contributed by atoms with Crippen LogP contribution in [0.3, 0.4) is 0 Å². The van der Waals surface area contributed by atoms with Crippen molar-refractivity contribution in [3.63, 3.8) is 0 Å². The molecule has 3 heteroatoms. The van der Waals surface area contributed by atoms with Crippen LogP contribution in [-0.2, 0) is 0 Å². The predicted molar refractivity (Wildman–Crippen MR) is 98.8 cm³/mol. The van der Waals surface area contributed by atoms with Crippen LogP contribution in [-0.4, -0.2) is 33.6 Å². The van der Waals surface area contributed by atoms with E-state index in [4.69, 9.17) is 0 Å². The van der Waals surface area contributed by atoms with Gasteiger partial charge in [0.1, 0.15) is 0 Å². The van der Waals surface area contributed by atoms with Crippen molar-refractivity contribution >= 4 is 0 Å². The second-order valence-electron chi connectivity index (χ2n) is 10.8. The molecule has 0 aromatic rings. The van der Waals surface area contributed by atoms with Crippen LogP contribution >= 0.6 is 0 Å². The van der Waals surface area contributed by atoms with E-state index in [1.807, 2.05) is 0 Å². The maximum absolute atomic E-state index is 11.3. The van der Waals surface area contributed by atoms with Crippen molar-refractivity contribution in [1.82, 2.24) is 0 Å². The Balaban J connectivity index is 1.70. The second kappa shape index (κ2) is 5.94. The summed E-state index contributed by atoms with van der Waals surface area (Å²) in [6.07, 6.45) is 6.14. The lowest BCUT2D eigenvalue weighted by atomic mass is 9.43. The van der Waals surface area contributed by atoms with Crippen LogP contribution in [0.4, 0.5) is 0 Å². The van der Waals surface area contributed by atoms with Gasteiger partial charge in [-0.2, -0.15) is 0 Å². The molecule has 0 bridgehead atoms. The van der Waals surface area contributed by atoms with Gasteiger partial charge in [0.15, 0.2) is 0 Å². The summed E-state index contributed by atoms with van der Waals surface area (Å²) in [5, 5.41) is 32.6. The first-order valence-electron chi connectivity index (χ1n) is 10.7. The lowest BCUT2D eigenvalue weighted by molar-refractivity contribution is -0.206. The number of aliphatic hydroxyl groups excluding tert-OH is 3. The topological polar surface area (TPSA) is 60.7 Å². The summed E-state index contributed by atoms with van der Waals surface area (Å²) >= 11 is 0. The normalized spacial score (nSPS) is 58.6. The Bertz CT molecular complexity index is 519. The Morgan fingerprint density at radius 2 is 1.60 bits per heavy atom. The average molecular weight is 351 g/mol. The highest BCUT2D eigenvalue weighted by molar-refractivity contribution is 5.14. The van der Waals surface area contributed by atoms with Gasteiger partial charge in [0.2, 0.25) is 0 Å². The van der Waals surface area contributed by atoms with E-state index in [0.717, 1.165) is 38.5 Å². The van der Waals surface area contributed by atoms with Crippen molar-refractivity contribution in [2.45, 2.75) is 91.0 Å². The summed E-state index contributed by atoms with van der Waals surface area (Å²) in [6.45, 7) is 9.32. The van der Waals surface area contributed by atoms with E-state index in [1.165, 1.54) is 6.42 Å². The summed E-state index contributed by atoms with van der Waals surface area (Å²) in [5.74, 6) is 2.77. The Labute approximate surface area is 153 Å². The molecule has 4 aliphatic rings. The van der Waals surface area contributed by atoms with Crippen LogP contribution < -0.4 is 0 Å². The van der Waals surface area contributed by atoms with Gasteiger partial charge in [0.05, 0.1) is 18.3 Å². The molecule has 3 N–H and O–H groups in total. The molecule has 0 radical (unpaired) electrons. The third-order valence-electron chi connectivity index (χ3n) is 9.64. The SMILES string of the molecule is CC(C)[C@H]1CCC2C3C(C[C@H](O)[C@@]21C)[C@@]1(C)CCC(O)C[C@H]1C[C@H]3O. The third-order valence-corrected chi connectivity index (χ3v) is 9.64. The smallest absolute Gasteiger partial charge is 0.0602 e. The molecule has 0 heterocycles. The number of hydrogen-bond acceptors (Lipinski definition) is 3. The number of rotatable bonds is 1. The Hall–Kier alpha value is -0.120. The summed E-state index contributed by atoms with van der Waals surface area (Å²) in [5.41, 5.74) is 0.148. The number of aliphatic hydroxyl groups is 3. The quantitative estimate of drug-likeness (QED) is 0.677. The Morgan fingerprint density at radius 1 is 0.880 bits per heavy atom. The van der Waals surface area contributed by atoms with E-state index < -0.39 is 0 Å². The van der Waals surface area contributed by atoms with Crippen molar-refractivity contribution in [1.29, 1.82) is 0 Å². The number of hydrogen-bond donors (Lipinski definition) is 3. The fraction of sp³-hybridized carbons (Fsp3) is 1.00. The average Bonchev–Trinajstić information content (AvgIpc) is 2.89. The minimum Gasteiger partial charge on any atom is -0.393 e. The zero-order valence-electron chi connectivity index (χ0n) is 16.5. The molecule has 3 nitrogen and oxygen atoms in total. The molecule has 4 fully saturated rings. The van der Waals surface area contributed by atoms with Gasteiger partial charge in [-0.1, -0.05) is 27.7 Å². The molecule has 0 aliphatic heterocycles. The molecule has 0 aromatic carbocycles. The van der Waals surface area contributed by atoms with Gasteiger partial charge >= 0.3 is 0 Å². The molecule has 4 saturated carbocycles. The largest absolute Gasteiger partial charge is 0.393 e. The zero-order valence-corrected chi connectivity index (χ0v) is 16.5. The van der Waals surface area contributed by atoms with Crippen LogP contribution in [0.15, 0.2) is 0 Å². The van der Waals surface area contributed by atoms with Gasteiger partial charge < -0.3 is 15.3 Å². The van der Waals surface area contributed by atoms with Crippen molar-refractivity contribution in [3.8, 4) is 0 Å². The van der Waals surface area contributed by atoms with Crippen LogP contribution in [0.2, 0.25) is 0 Å². The van der Waals surface area contributed by atoms with E-state index in [2.05, 4.69) is 27.7 Å². The van der Waals surface area contributed by atoms with Crippen LogP contribution in [0.5, 0.6) is 0 Å². The molecule has 4 rings (SSSR count). The molecule has 4 unspecified atom stereocenters. The molecule has 0 saturated heterocycles. The monoisotopic (exact) mass is 350 g/mol. The van der Waals surface area contributed by atoms with Crippen LogP contribution in [0, 0.1) is 46.3 Å². The standard InChI is InChI=1S/C22H38O3/c1-12(2)15-5-6-16-20-17(11-19(25)22(15,16)4)21(3)8-7-14(23)9-13(21)10-18(20)24/h12-20,23-25H,5-11H2,1-4H3/t13-,14?,15+,16?,17?,18+,19-,20?,21-,22+/m0/s1. The first-order valence-corrected chi connectivity index (χ1v) is 10.7. The van der Waals surface area contributed by atoms with E-state index in [-0.39, 0.29) is 29.1 Å². The van der Waals surface area contributed by atoms with Crippen molar-refractivity contribution in [2.24, 2.45) is 46.3 Å². The molecule has 25 heavy (non-hydrogen) atoms. The van der Waals surface area contributed by atoms with E-state index in [0.29, 0.717) is 35.5 Å². The third kappa shape index (κ3) is 2.41. The molecule has 4 aliphatic carbocycles. The van der Waals surface area contributed by atoms with E-state index in [1.54, 1.807) is 0 Å². The molecule has 10 atom stereocenters.